The summed E-state index contributed by atoms with van der Waals surface area (Å²) in [6.07, 6.45) is 2.34. The van der Waals surface area contributed by atoms with E-state index in [0.717, 1.165) is 21.7 Å². The Hall–Kier alpha value is -6.72. The number of anilines is 2. The van der Waals surface area contributed by atoms with Gasteiger partial charge in [0.1, 0.15) is 5.52 Å². The van der Waals surface area contributed by atoms with Crippen LogP contribution in [0.3, 0.4) is 0 Å². The maximum absolute atomic E-state index is 15.4. The van der Waals surface area contributed by atoms with Crippen molar-refractivity contribution in [2.24, 2.45) is 23.7 Å². The molecule has 59 heavy (non-hydrogen) atoms. The number of carbonyl (C=O) groups excluding carboxylic acids is 4. The third-order valence-electron chi connectivity index (χ3n) is 12.7. The highest BCUT2D eigenvalue weighted by molar-refractivity contribution is 6.32. The predicted molar refractivity (Wildman–Crippen MR) is 220 cm³/mol. The minimum Gasteiger partial charge on any atom is -0.503 e. The van der Waals surface area contributed by atoms with Crippen LogP contribution >= 0.6 is 11.6 Å². The summed E-state index contributed by atoms with van der Waals surface area (Å²) < 4.78 is 11.5. The van der Waals surface area contributed by atoms with Crippen molar-refractivity contribution < 1.29 is 33.4 Å². The quantitative estimate of drug-likeness (QED) is 0.120. The summed E-state index contributed by atoms with van der Waals surface area (Å²) in [4.78, 5) is 65.5. The molecular formula is C47H37ClN4O7. The Labute approximate surface area is 343 Å². The molecule has 3 heterocycles. The first-order chi connectivity index (χ1) is 28.6. The van der Waals surface area contributed by atoms with Crippen LogP contribution in [0.1, 0.15) is 35.4 Å². The second-order valence-corrected chi connectivity index (χ2v) is 16.1. The zero-order chi connectivity index (χ0) is 40.7. The second kappa shape index (κ2) is 13.7. The number of hydrogen-bond donors (Lipinski definition) is 2. The molecule has 12 heteroatoms. The number of methoxy groups -OCH3 is 1. The lowest BCUT2D eigenvalue weighted by atomic mass is 9.49. The number of para-hydroxylation sites is 2. The number of carbonyl (C=O) groups is 4. The summed E-state index contributed by atoms with van der Waals surface area (Å²) in [5.74, 6) is -5.29. The number of nitrogens with one attached hydrogen (secondary N) is 1. The molecule has 11 nitrogen and oxygen atoms in total. The molecule has 6 unspecified atom stereocenters. The molecule has 2 saturated heterocycles. The molecule has 4 aliphatic rings. The standard InChI is InChI=1S/C47H37ClN4O7/c1-25-12-16-29(17-13-25)50-52-44(55)34-24-33-31(40(27-22-35(48)41(53)38(23-27)58-2)47(34,46(52)57)28-8-4-3-5-9-28)20-21-32-39(33)45(56)51(43(32)54)30-18-14-26(15-19-30)42-49-36-10-6-7-11-37(36)59-42/h3-20,22-23,32-34,39-40,50,53H,21,24H2,1-2H3. The van der Waals surface area contributed by atoms with E-state index in [4.69, 9.17) is 20.8 Å². The largest absolute Gasteiger partial charge is 0.503 e. The number of fused-ring (bicyclic) bond motifs is 5. The summed E-state index contributed by atoms with van der Waals surface area (Å²) in [5, 5.41) is 12.0. The molecule has 3 fully saturated rings. The van der Waals surface area contributed by atoms with Crippen molar-refractivity contribution >= 4 is 57.7 Å². The van der Waals surface area contributed by atoms with Crippen LogP contribution in [0, 0.1) is 30.6 Å². The smallest absolute Gasteiger partial charge is 0.260 e. The highest BCUT2D eigenvalue weighted by Gasteiger charge is 2.70. The maximum Gasteiger partial charge on any atom is 0.260 e. The molecule has 1 saturated carbocycles. The fraction of sp³-hybridized carbons (Fsp3) is 0.213. The van der Waals surface area contributed by atoms with E-state index in [9.17, 15) is 19.5 Å². The Morgan fingerprint density at radius 1 is 0.864 bits per heavy atom. The number of nitrogens with zero attached hydrogens (tertiary/aromatic N) is 3. The van der Waals surface area contributed by atoms with Gasteiger partial charge in [-0.15, -0.1) is 0 Å². The van der Waals surface area contributed by atoms with E-state index in [1.165, 1.54) is 12.0 Å². The van der Waals surface area contributed by atoms with Gasteiger partial charge < -0.3 is 14.3 Å². The molecule has 294 valence electrons. The fourth-order valence-corrected chi connectivity index (χ4v) is 10.3. The van der Waals surface area contributed by atoms with Gasteiger partial charge in [-0.2, -0.15) is 5.01 Å². The zero-order valence-corrected chi connectivity index (χ0v) is 32.7. The van der Waals surface area contributed by atoms with Crippen LogP contribution in [0.4, 0.5) is 11.4 Å². The van der Waals surface area contributed by atoms with Gasteiger partial charge >= 0.3 is 0 Å². The first-order valence-electron chi connectivity index (χ1n) is 19.5. The normalized spacial score (nSPS) is 24.9. The number of rotatable bonds is 7. The zero-order valence-electron chi connectivity index (χ0n) is 32.0. The van der Waals surface area contributed by atoms with Crippen molar-refractivity contribution in [2.75, 3.05) is 17.4 Å². The van der Waals surface area contributed by atoms with Gasteiger partial charge in [0, 0.05) is 11.5 Å². The van der Waals surface area contributed by atoms with Crippen molar-refractivity contribution in [1.82, 2.24) is 9.99 Å². The van der Waals surface area contributed by atoms with Crippen molar-refractivity contribution in [3.8, 4) is 23.0 Å². The Morgan fingerprint density at radius 2 is 1.59 bits per heavy atom. The number of phenols is 1. The van der Waals surface area contributed by atoms with E-state index in [1.807, 2.05) is 79.7 Å². The lowest BCUT2D eigenvalue weighted by Crippen LogP contribution is -2.53. The van der Waals surface area contributed by atoms with E-state index in [1.54, 1.807) is 48.5 Å². The molecular weight excluding hydrogens is 768 g/mol. The van der Waals surface area contributed by atoms with Gasteiger partial charge in [-0.3, -0.25) is 29.5 Å². The Balaban J connectivity index is 1.09. The van der Waals surface area contributed by atoms with Gasteiger partial charge in [0.25, 0.3) is 11.8 Å². The molecule has 0 spiro atoms. The van der Waals surface area contributed by atoms with E-state index in [-0.39, 0.29) is 41.2 Å². The van der Waals surface area contributed by atoms with E-state index in [0.29, 0.717) is 39.5 Å². The van der Waals surface area contributed by atoms with Crippen LogP contribution in [-0.4, -0.2) is 45.8 Å². The minimum atomic E-state index is -1.51. The average molecular weight is 805 g/mol. The predicted octanol–water partition coefficient (Wildman–Crippen LogP) is 8.36. The monoisotopic (exact) mass is 804 g/mol. The van der Waals surface area contributed by atoms with Gasteiger partial charge in [0.05, 0.1) is 46.7 Å². The van der Waals surface area contributed by atoms with Crippen LogP contribution < -0.4 is 15.1 Å². The van der Waals surface area contributed by atoms with Crippen molar-refractivity contribution in [3.05, 3.63) is 149 Å². The number of aryl methyl sites for hydroxylation is 1. The molecule has 10 rings (SSSR count). The van der Waals surface area contributed by atoms with E-state index >= 15 is 4.79 Å². The summed E-state index contributed by atoms with van der Waals surface area (Å²) in [7, 11) is 1.41. The molecule has 6 atom stereocenters. The SMILES string of the molecule is COc1cc(C2C3=CCC4C(=O)N(c5ccc(-c6nc7ccccc7o6)cc5)C(=O)C4C3CC3C(=O)N(Nc4ccc(C)cc4)C(=O)C32c2ccccc2)cc(Cl)c1O. The van der Waals surface area contributed by atoms with Crippen LogP contribution in [0.15, 0.2) is 131 Å². The molecule has 4 amide bonds. The third-order valence-corrected chi connectivity index (χ3v) is 13.0. The van der Waals surface area contributed by atoms with Gasteiger partial charge in [-0.05, 0) is 97.5 Å². The number of aromatic hydroxyl groups is 1. The van der Waals surface area contributed by atoms with E-state index < -0.39 is 46.8 Å². The average Bonchev–Trinajstić information content (AvgIpc) is 3.87. The molecule has 6 aromatic rings. The number of amides is 4. The third kappa shape index (κ3) is 5.44. The summed E-state index contributed by atoms with van der Waals surface area (Å²) in [6.45, 7) is 1.95. The minimum absolute atomic E-state index is 0.00141. The fourth-order valence-electron chi connectivity index (χ4n) is 10.0. The Kier molecular flexibility index (Phi) is 8.50. The van der Waals surface area contributed by atoms with Crippen LogP contribution in [0.2, 0.25) is 5.02 Å². The molecule has 2 aliphatic carbocycles. The van der Waals surface area contributed by atoms with Gasteiger partial charge in [0.15, 0.2) is 17.1 Å². The number of hydrogen-bond acceptors (Lipinski definition) is 9. The first-order valence-corrected chi connectivity index (χ1v) is 19.8. The summed E-state index contributed by atoms with van der Waals surface area (Å²) >= 11 is 6.69. The number of oxazole rings is 1. The number of benzene rings is 5. The Morgan fingerprint density at radius 3 is 2.32 bits per heavy atom. The summed E-state index contributed by atoms with van der Waals surface area (Å²) in [5.41, 5.74) is 7.52. The highest BCUT2D eigenvalue weighted by Crippen LogP contribution is 2.64. The molecule has 2 N–H and O–H groups in total. The number of hydrazine groups is 1. The van der Waals surface area contributed by atoms with E-state index in [2.05, 4.69) is 10.4 Å². The molecule has 2 aliphatic heterocycles. The maximum atomic E-state index is 15.4. The second-order valence-electron chi connectivity index (χ2n) is 15.7. The van der Waals surface area contributed by atoms with Crippen molar-refractivity contribution in [1.29, 1.82) is 0 Å². The van der Waals surface area contributed by atoms with Crippen LogP contribution in [0.25, 0.3) is 22.6 Å². The molecule has 1 aromatic heterocycles. The number of ether oxygens (including phenoxy) is 1. The van der Waals surface area contributed by atoms with Crippen LogP contribution in [-0.2, 0) is 24.6 Å². The number of phenolic OH excluding ortho intramolecular Hbond substituents is 1. The highest BCUT2D eigenvalue weighted by atomic mass is 35.5. The first kappa shape index (κ1) is 36.6. The topological polar surface area (TPSA) is 142 Å². The number of aromatic nitrogens is 1. The number of imide groups is 2. The number of allylic oxidation sites excluding steroid dienone is 2. The molecule has 0 radical (unpaired) electrons. The lowest BCUT2D eigenvalue weighted by molar-refractivity contribution is -0.138. The lowest BCUT2D eigenvalue weighted by Gasteiger charge is -2.50. The number of halogens is 1. The van der Waals surface area contributed by atoms with Gasteiger partial charge in [0.2, 0.25) is 17.7 Å². The van der Waals surface area contributed by atoms with Gasteiger partial charge in [-0.25, -0.2) is 4.98 Å². The summed E-state index contributed by atoms with van der Waals surface area (Å²) in [6, 6.07) is 34.3. The van der Waals surface area contributed by atoms with Gasteiger partial charge in [-0.1, -0.05) is 83.4 Å². The van der Waals surface area contributed by atoms with Crippen molar-refractivity contribution in [2.45, 2.75) is 31.1 Å². The van der Waals surface area contributed by atoms with Crippen LogP contribution in [0.5, 0.6) is 11.5 Å². The molecule has 0 bridgehead atoms. The van der Waals surface area contributed by atoms with Crippen molar-refractivity contribution in [3.63, 3.8) is 0 Å². The Bertz CT molecular complexity index is 2720. The molecule has 5 aromatic carbocycles.